The van der Waals surface area contributed by atoms with Crippen LogP contribution in [-0.2, 0) is 11.5 Å². The summed E-state index contributed by atoms with van der Waals surface area (Å²) in [5.41, 5.74) is 1.78. The van der Waals surface area contributed by atoms with Crippen LogP contribution < -0.4 is 0 Å². The van der Waals surface area contributed by atoms with Crippen molar-refractivity contribution in [3.63, 3.8) is 0 Å². The highest BCUT2D eigenvalue weighted by molar-refractivity contribution is 6.06. The fourth-order valence-electron chi connectivity index (χ4n) is 1.77. The molecule has 2 aromatic rings. The first kappa shape index (κ1) is 9.93. The average molecular weight is 203 g/mol. The number of nitrogens with zero attached hydrogens (tertiary/aromatic N) is 1. The Labute approximate surface area is 88.3 Å². The van der Waals surface area contributed by atoms with Crippen LogP contribution in [0.4, 0.5) is 0 Å². The maximum absolute atomic E-state index is 11.4. The monoisotopic (exact) mass is 203 g/mol. The molecular weight excluding hydrogens is 190 g/mol. The molecule has 2 rings (SSSR count). The number of rotatable bonds is 3. The van der Waals surface area contributed by atoms with Gasteiger partial charge >= 0.3 is 0 Å². The van der Waals surface area contributed by atoms with E-state index < -0.39 is 0 Å². The Morgan fingerprint density at radius 1 is 1.40 bits per heavy atom. The van der Waals surface area contributed by atoms with E-state index in [0.717, 1.165) is 16.5 Å². The van der Waals surface area contributed by atoms with Crippen molar-refractivity contribution >= 4 is 16.7 Å². The molecule has 0 unspecified atom stereocenters. The fraction of sp³-hybridized carbons (Fsp3) is 0.250. The molecule has 78 valence electrons. The van der Waals surface area contributed by atoms with Gasteiger partial charge in [0.2, 0.25) is 0 Å². The second-order valence-corrected chi connectivity index (χ2v) is 3.50. The molecule has 3 nitrogen and oxygen atoms in total. The predicted molar refractivity (Wildman–Crippen MR) is 59.0 cm³/mol. The maximum Gasteiger partial charge on any atom is 0.161 e. The molecule has 0 amide bonds. The fourth-order valence-corrected chi connectivity index (χ4v) is 1.77. The van der Waals surface area contributed by atoms with Gasteiger partial charge in [0.25, 0.3) is 0 Å². The van der Waals surface area contributed by atoms with Crippen molar-refractivity contribution < 1.29 is 9.53 Å². The van der Waals surface area contributed by atoms with Gasteiger partial charge < -0.3 is 9.30 Å². The summed E-state index contributed by atoms with van der Waals surface area (Å²) in [6, 6.07) is 7.84. The van der Waals surface area contributed by atoms with E-state index in [4.69, 9.17) is 4.74 Å². The number of para-hydroxylation sites is 1. The SMILES string of the molecule is COCn1cc(C(C)=O)c2ccccc21. The van der Waals surface area contributed by atoms with Gasteiger partial charge in [0.05, 0.1) is 5.52 Å². The lowest BCUT2D eigenvalue weighted by atomic mass is 10.1. The molecule has 0 atom stereocenters. The first-order chi connectivity index (χ1) is 7.24. The Bertz CT molecular complexity index is 499. The first-order valence-corrected chi connectivity index (χ1v) is 4.82. The van der Waals surface area contributed by atoms with E-state index in [1.807, 2.05) is 35.0 Å². The van der Waals surface area contributed by atoms with Crippen LogP contribution >= 0.6 is 0 Å². The minimum atomic E-state index is 0.0843. The molecule has 0 radical (unpaired) electrons. The summed E-state index contributed by atoms with van der Waals surface area (Å²) < 4.78 is 7.02. The van der Waals surface area contributed by atoms with E-state index >= 15 is 0 Å². The van der Waals surface area contributed by atoms with Crippen LogP contribution in [0.2, 0.25) is 0 Å². The molecule has 0 N–H and O–H groups in total. The van der Waals surface area contributed by atoms with E-state index in [-0.39, 0.29) is 5.78 Å². The summed E-state index contributed by atoms with van der Waals surface area (Å²) >= 11 is 0. The van der Waals surface area contributed by atoms with Crippen LogP contribution in [-0.4, -0.2) is 17.5 Å². The molecule has 3 heteroatoms. The summed E-state index contributed by atoms with van der Waals surface area (Å²) in [4.78, 5) is 11.4. The number of methoxy groups -OCH3 is 1. The number of ketones is 1. The van der Waals surface area contributed by atoms with E-state index in [9.17, 15) is 4.79 Å². The Morgan fingerprint density at radius 2 is 2.13 bits per heavy atom. The Hall–Kier alpha value is -1.61. The molecule has 1 aromatic carbocycles. The van der Waals surface area contributed by atoms with Gasteiger partial charge in [-0.2, -0.15) is 0 Å². The van der Waals surface area contributed by atoms with Gasteiger partial charge in [-0.3, -0.25) is 4.79 Å². The van der Waals surface area contributed by atoms with E-state index in [2.05, 4.69) is 0 Å². The molecule has 0 aliphatic heterocycles. The number of benzene rings is 1. The van der Waals surface area contributed by atoms with Gasteiger partial charge in [-0.1, -0.05) is 18.2 Å². The first-order valence-electron chi connectivity index (χ1n) is 4.82. The van der Waals surface area contributed by atoms with Crippen molar-refractivity contribution in [2.45, 2.75) is 13.7 Å². The van der Waals surface area contributed by atoms with Crippen molar-refractivity contribution in [1.82, 2.24) is 4.57 Å². The van der Waals surface area contributed by atoms with Crippen molar-refractivity contribution in [2.75, 3.05) is 7.11 Å². The zero-order valence-electron chi connectivity index (χ0n) is 8.86. The average Bonchev–Trinajstić information content (AvgIpc) is 2.59. The van der Waals surface area contributed by atoms with Crippen molar-refractivity contribution in [3.05, 3.63) is 36.0 Å². The molecule has 0 bridgehead atoms. The molecule has 1 aromatic heterocycles. The molecule has 0 fully saturated rings. The maximum atomic E-state index is 11.4. The summed E-state index contributed by atoms with van der Waals surface area (Å²) in [7, 11) is 1.64. The molecule has 0 saturated carbocycles. The van der Waals surface area contributed by atoms with E-state index in [0.29, 0.717) is 6.73 Å². The number of aromatic nitrogens is 1. The van der Waals surface area contributed by atoms with E-state index in [1.54, 1.807) is 14.0 Å². The molecule has 0 spiro atoms. The third-order valence-electron chi connectivity index (χ3n) is 2.44. The Morgan fingerprint density at radius 3 is 2.80 bits per heavy atom. The molecule has 1 heterocycles. The molecule has 0 aliphatic carbocycles. The number of Topliss-reactive ketones (excluding diaryl/α,β-unsaturated/α-hetero) is 1. The topological polar surface area (TPSA) is 31.2 Å². The number of fused-ring (bicyclic) bond motifs is 1. The number of hydrogen-bond donors (Lipinski definition) is 0. The minimum Gasteiger partial charge on any atom is -0.364 e. The van der Waals surface area contributed by atoms with Gasteiger partial charge in [-0.15, -0.1) is 0 Å². The number of carbonyl (C=O) groups is 1. The minimum absolute atomic E-state index is 0.0843. The third-order valence-corrected chi connectivity index (χ3v) is 2.44. The van der Waals surface area contributed by atoms with Crippen molar-refractivity contribution in [2.24, 2.45) is 0 Å². The summed E-state index contributed by atoms with van der Waals surface area (Å²) in [5.74, 6) is 0.0843. The van der Waals surface area contributed by atoms with Crippen LogP contribution in [0.5, 0.6) is 0 Å². The normalized spacial score (nSPS) is 10.8. The van der Waals surface area contributed by atoms with Crippen LogP contribution in [0.1, 0.15) is 17.3 Å². The van der Waals surface area contributed by atoms with Gasteiger partial charge in [0, 0.05) is 24.3 Å². The predicted octanol–water partition coefficient (Wildman–Crippen LogP) is 2.45. The van der Waals surface area contributed by atoms with Gasteiger partial charge in [0.1, 0.15) is 6.73 Å². The quantitative estimate of drug-likeness (QED) is 0.717. The largest absolute Gasteiger partial charge is 0.364 e. The van der Waals surface area contributed by atoms with Crippen molar-refractivity contribution in [3.8, 4) is 0 Å². The highest BCUT2D eigenvalue weighted by Gasteiger charge is 2.10. The lowest BCUT2D eigenvalue weighted by molar-refractivity contribution is 0.101. The lowest BCUT2D eigenvalue weighted by Gasteiger charge is -2.01. The van der Waals surface area contributed by atoms with E-state index in [1.165, 1.54) is 0 Å². The number of hydrogen-bond acceptors (Lipinski definition) is 2. The highest BCUT2D eigenvalue weighted by Crippen LogP contribution is 2.21. The summed E-state index contributed by atoms with van der Waals surface area (Å²) in [6.45, 7) is 2.05. The third kappa shape index (κ3) is 1.66. The second kappa shape index (κ2) is 3.87. The van der Waals surface area contributed by atoms with Gasteiger partial charge in [-0.05, 0) is 13.0 Å². The van der Waals surface area contributed by atoms with Gasteiger partial charge in [0.15, 0.2) is 5.78 Å². The zero-order chi connectivity index (χ0) is 10.8. The standard InChI is InChI=1S/C12H13NO2/c1-9(14)11-7-13(8-15-2)12-6-4-3-5-10(11)12/h3-7H,8H2,1-2H3. The van der Waals surface area contributed by atoms with Crippen LogP contribution in [0.15, 0.2) is 30.5 Å². The molecule has 15 heavy (non-hydrogen) atoms. The highest BCUT2D eigenvalue weighted by atomic mass is 16.5. The molecule has 0 saturated heterocycles. The molecular formula is C12H13NO2. The van der Waals surface area contributed by atoms with Crippen LogP contribution in [0.3, 0.4) is 0 Å². The summed E-state index contributed by atoms with van der Waals surface area (Å²) in [6.07, 6.45) is 1.84. The lowest BCUT2D eigenvalue weighted by Crippen LogP contribution is -1.97. The summed E-state index contributed by atoms with van der Waals surface area (Å²) in [5, 5.41) is 0.988. The zero-order valence-corrected chi connectivity index (χ0v) is 8.86. The number of ether oxygens (including phenoxy) is 1. The number of carbonyl (C=O) groups excluding carboxylic acids is 1. The Kier molecular flexibility index (Phi) is 2.56. The van der Waals surface area contributed by atoms with Crippen LogP contribution in [0.25, 0.3) is 10.9 Å². The van der Waals surface area contributed by atoms with Crippen LogP contribution in [0, 0.1) is 0 Å². The smallest absolute Gasteiger partial charge is 0.161 e. The van der Waals surface area contributed by atoms with Crippen molar-refractivity contribution in [1.29, 1.82) is 0 Å². The molecule has 0 aliphatic rings. The second-order valence-electron chi connectivity index (χ2n) is 3.50. The van der Waals surface area contributed by atoms with Gasteiger partial charge in [-0.25, -0.2) is 0 Å². The Balaban J connectivity index is 2.67.